The van der Waals surface area contributed by atoms with E-state index in [2.05, 4.69) is 19.8 Å². The lowest BCUT2D eigenvalue weighted by Gasteiger charge is -2.19. The molecule has 1 saturated heterocycles. The summed E-state index contributed by atoms with van der Waals surface area (Å²) in [5.41, 5.74) is 0.783. The fourth-order valence-corrected chi connectivity index (χ4v) is 4.05. The molecule has 1 fully saturated rings. The zero-order valence-electron chi connectivity index (χ0n) is 18.2. The van der Waals surface area contributed by atoms with Crippen LogP contribution in [0.15, 0.2) is 35.4 Å². The normalized spacial score (nSPS) is 24.3. The number of hydrogen-bond donors (Lipinski definition) is 5. The fraction of sp³-hybridized carbons (Fsp3) is 0.421. The second-order valence-electron chi connectivity index (χ2n) is 7.73. The summed E-state index contributed by atoms with van der Waals surface area (Å²) in [5, 5.41) is 23.8. The molecule has 4 rings (SSSR count). The third-order valence-corrected chi connectivity index (χ3v) is 5.88. The first kappa shape index (κ1) is 24.3. The average Bonchev–Trinajstić information content (AvgIpc) is 3.27. The first-order valence-corrected chi connectivity index (χ1v) is 11.6. The van der Waals surface area contributed by atoms with Gasteiger partial charge in [-0.05, 0) is 17.7 Å². The molecule has 3 aromatic rings. The van der Waals surface area contributed by atoms with Gasteiger partial charge in [0.1, 0.15) is 24.1 Å². The van der Waals surface area contributed by atoms with Gasteiger partial charge in [-0.15, -0.1) is 0 Å². The summed E-state index contributed by atoms with van der Waals surface area (Å²) in [6.45, 7) is -0.359. The first-order chi connectivity index (χ1) is 16.1. The molecule has 14 nitrogen and oxygen atoms in total. The third-order valence-electron chi connectivity index (χ3n) is 5.40. The molecule has 1 aromatic carbocycles. The van der Waals surface area contributed by atoms with Crippen LogP contribution in [0, 0.1) is 0 Å². The largest absolute Gasteiger partial charge is 0.756 e. The molecule has 5 atom stereocenters. The van der Waals surface area contributed by atoms with E-state index >= 15 is 0 Å². The van der Waals surface area contributed by atoms with E-state index in [1.165, 1.54) is 15.5 Å². The second-order valence-corrected chi connectivity index (χ2v) is 8.93. The lowest BCUT2D eigenvalue weighted by atomic mass is 10.1. The molecule has 184 valence electrons. The molecular weight excluding hydrogens is 473 g/mol. The van der Waals surface area contributed by atoms with Gasteiger partial charge >= 0.3 is 5.65 Å². The average molecular weight is 497 g/mol. The number of aromatic amines is 1. The summed E-state index contributed by atoms with van der Waals surface area (Å²) in [5.74, 6) is 0.869. The van der Waals surface area contributed by atoms with E-state index in [1.807, 2.05) is 12.1 Å². The number of imidazole rings is 1. The Morgan fingerprint density at radius 1 is 1.32 bits per heavy atom. The highest BCUT2D eigenvalue weighted by Crippen LogP contribution is 2.34. The second kappa shape index (κ2) is 9.43. The zero-order valence-corrected chi connectivity index (χ0v) is 19.1. The van der Waals surface area contributed by atoms with E-state index in [4.69, 9.17) is 14.4 Å². The van der Waals surface area contributed by atoms with Crippen LogP contribution in [-0.4, -0.2) is 61.7 Å². The van der Waals surface area contributed by atoms with Crippen LogP contribution < -0.4 is 25.1 Å². The van der Waals surface area contributed by atoms with Gasteiger partial charge in [-0.2, -0.15) is 0 Å². The quantitative estimate of drug-likeness (QED) is 0.175. The summed E-state index contributed by atoms with van der Waals surface area (Å²) in [4.78, 5) is 39.5. The molecule has 0 amide bonds. The molecule has 3 heterocycles. The van der Waals surface area contributed by atoms with Gasteiger partial charge in [-0.1, -0.05) is 17.1 Å². The Hall–Kier alpha value is -2.84. The molecule has 34 heavy (non-hydrogen) atoms. The number of anilines is 1. The Morgan fingerprint density at radius 2 is 2.03 bits per heavy atom. The summed E-state index contributed by atoms with van der Waals surface area (Å²) in [7, 11) is -1.88. The Balaban J connectivity index is 1.60. The van der Waals surface area contributed by atoms with Gasteiger partial charge in [-0.3, -0.25) is 18.9 Å². The van der Waals surface area contributed by atoms with Crippen LogP contribution in [0.1, 0.15) is 11.8 Å². The number of fused-ring (bicyclic) bond motifs is 1. The van der Waals surface area contributed by atoms with Crippen molar-refractivity contribution in [3.05, 3.63) is 46.5 Å². The van der Waals surface area contributed by atoms with Crippen molar-refractivity contribution in [3.63, 3.8) is 0 Å². The number of nitrogens with one attached hydrogen (secondary N) is 2. The molecule has 1 aliphatic heterocycles. The van der Waals surface area contributed by atoms with E-state index in [0.717, 1.165) is 5.56 Å². The molecule has 0 aliphatic carbocycles. The maximum absolute atomic E-state index is 12.7. The van der Waals surface area contributed by atoms with E-state index in [0.29, 0.717) is 12.3 Å². The molecule has 0 spiro atoms. The minimum Gasteiger partial charge on any atom is -0.756 e. The van der Waals surface area contributed by atoms with Crippen molar-refractivity contribution in [2.24, 2.45) is 7.05 Å². The highest BCUT2D eigenvalue weighted by molar-refractivity contribution is 7.44. The molecule has 1 unspecified atom stereocenters. The lowest BCUT2D eigenvalue weighted by Crippen LogP contribution is -2.46. The smallest absolute Gasteiger partial charge is 0.313 e. The number of aliphatic hydroxyl groups excluding tert-OH is 2. The Bertz CT molecular complexity index is 1270. The van der Waals surface area contributed by atoms with Gasteiger partial charge in [0.2, 0.25) is 11.7 Å². The maximum Gasteiger partial charge on any atom is 0.313 e. The summed E-state index contributed by atoms with van der Waals surface area (Å²) >= 11 is 0. The first-order valence-electron chi connectivity index (χ1n) is 10.1. The molecule has 15 heteroatoms. The van der Waals surface area contributed by atoms with Gasteiger partial charge in [0.25, 0.3) is 19.3 Å². The Labute approximate surface area is 192 Å². The number of benzene rings is 1. The molecule has 1 aliphatic rings. The van der Waals surface area contributed by atoms with Crippen LogP contribution in [0.5, 0.6) is 5.75 Å². The highest BCUT2D eigenvalue weighted by Gasteiger charge is 2.47. The number of methoxy groups -OCH3 is 1. The number of aliphatic hydroxyl groups is 2. The van der Waals surface area contributed by atoms with E-state index in [9.17, 15) is 24.5 Å². The molecule has 0 radical (unpaired) electrons. The number of ether oxygens (including phenoxy) is 2. The van der Waals surface area contributed by atoms with Crippen molar-refractivity contribution in [1.82, 2.24) is 14.5 Å². The number of aromatic nitrogens is 4. The Morgan fingerprint density at radius 3 is 2.68 bits per heavy atom. The number of phosphoric acid groups is 1. The molecular formula is C19H24N5O9P. The van der Waals surface area contributed by atoms with E-state index in [-0.39, 0.29) is 17.1 Å². The van der Waals surface area contributed by atoms with E-state index in [1.54, 1.807) is 26.3 Å². The predicted octanol–water partition coefficient (Wildman–Crippen LogP) is -1.73. The lowest BCUT2D eigenvalue weighted by molar-refractivity contribution is -0.745. The van der Waals surface area contributed by atoms with Crippen LogP contribution in [0.2, 0.25) is 0 Å². The van der Waals surface area contributed by atoms with Crippen LogP contribution in [0.3, 0.4) is 0 Å². The van der Waals surface area contributed by atoms with Gasteiger partial charge in [-0.25, -0.2) is 4.57 Å². The monoisotopic (exact) mass is 497 g/mol. The minimum absolute atomic E-state index is 0.151. The molecule has 0 saturated carbocycles. The van der Waals surface area contributed by atoms with E-state index < -0.39 is 44.5 Å². The van der Waals surface area contributed by atoms with Crippen molar-refractivity contribution < 1.29 is 43.1 Å². The molecule has 2 aromatic heterocycles. The molecule has 0 bridgehead atoms. The number of nitrogens with zero attached hydrogens (tertiary/aromatic N) is 3. The summed E-state index contributed by atoms with van der Waals surface area (Å²) in [6, 6.07) is 7.30. The van der Waals surface area contributed by atoms with Crippen LogP contribution in [0.25, 0.3) is 11.2 Å². The van der Waals surface area contributed by atoms with Crippen molar-refractivity contribution in [2.45, 2.75) is 31.1 Å². The summed E-state index contributed by atoms with van der Waals surface area (Å²) < 4.78 is 28.7. The predicted molar refractivity (Wildman–Crippen MR) is 114 cm³/mol. The van der Waals surface area contributed by atoms with Gasteiger partial charge < -0.3 is 39.3 Å². The molecule has 5 N–H and O–H groups in total. The number of H-pyrrole nitrogens is 1. The summed E-state index contributed by atoms with van der Waals surface area (Å²) in [6.07, 6.45) is -4.03. The van der Waals surface area contributed by atoms with Crippen LogP contribution in [0.4, 0.5) is 5.95 Å². The topological polar surface area (TPSA) is 195 Å². The fourth-order valence-electron chi connectivity index (χ4n) is 3.72. The highest BCUT2D eigenvalue weighted by atomic mass is 31.2. The van der Waals surface area contributed by atoms with Gasteiger partial charge in [0, 0.05) is 6.54 Å². The maximum atomic E-state index is 12.7. The SMILES string of the molecule is COc1ccc(CNc2nc3c(c(=O)[nH]2)n(C)c[n+]3[C@@H]2O[C@H](COP(=O)([O-])O)[C@@H](O)[C@H]2O)cc1. The van der Waals surface area contributed by atoms with Crippen molar-refractivity contribution in [1.29, 1.82) is 0 Å². The van der Waals surface area contributed by atoms with Crippen molar-refractivity contribution in [2.75, 3.05) is 19.0 Å². The van der Waals surface area contributed by atoms with Crippen molar-refractivity contribution >= 4 is 24.9 Å². The number of phosphoric ester groups is 1. The standard InChI is InChI=1S/C19H24N5O9P/c1-23-9-24(18-15(26)14(25)12(33-18)8-32-34(28,29)30)16-13(23)17(27)22-19(21-16)20-7-10-3-5-11(31-2)6-4-10/h3-6,9,12,14-15,18,25-26H,7-8H2,1-2H3,(H3-,20,21,22,27,28,29,30)/t12-,14-,15-,18-/m1/s1. The number of rotatable bonds is 8. The Kier molecular flexibility index (Phi) is 6.73. The van der Waals surface area contributed by atoms with Crippen molar-refractivity contribution in [3.8, 4) is 5.75 Å². The minimum atomic E-state index is -5.05. The number of hydrogen-bond acceptors (Lipinski definition) is 10. The van der Waals surface area contributed by atoms with Crippen LogP contribution in [-0.2, 0) is 27.4 Å². The third kappa shape index (κ3) is 4.98. The number of aryl methyl sites for hydroxylation is 1. The van der Waals surface area contributed by atoms with Gasteiger partial charge in [0.15, 0.2) is 6.33 Å². The van der Waals surface area contributed by atoms with Crippen LogP contribution >= 0.6 is 7.82 Å². The zero-order chi connectivity index (χ0) is 24.6. The van der Waals surface area contributed by atoms with Gasteiger partial charge in [0.05, 0.1) is 20.8 Å².